The van der Waals surface area contributed by atoms with E-state index in [-0.39, 0.29) is 11.5 Å². The quantitative estimate of drug-likeness (QED) is 0.207. The number of ether oxygens (including phenoxy) is 1. The second kappa shape index (κ2) is 9.97. The summed E-state index contributed by atoms with van der Waals surface area (Å²) in [6.45, 7) is 2.29. The molecule has 214 valence electrons. The van der Waals surface area contributed by atoms with E-state index in [2.05, 4.69) is 159 Å². The fraction of sp³-hybridized carbons (Fsp3) is 0.0698. The topological polar surface area (TPSA) is 22.4 Å². The Hall–Kier alpha value is -5.60. The molecular formula is C43H30O2. The first-order chi connectivity index (χ1) is 22.1. The van der Waals surface area contributed by atoms with Crippen molar-refractivity contribution < 1.29 is 9.15 Å². The minimum atomic E-state index is -0.291. The molecule has 1 aliphatic heterocycles. The average Bonchev–Trinajstić information content (AvgIpc) is 3.63. The normalized spacial score (nSPS) is 18.4. The summed E-state index contributed by atoms with van der Waals surface area (Å²) < 4.78 is 13.1. The first kappa shape index (κ1) is 25.9. The number of fused-ring (bicyclic) bond motifs is 7. The summed E-state index contributed by atoms with van der Waals surface area (Å²) in [7, 11) is 0. The van der Waals surface area contributed by atoms with E-state index in [0.29, 0.717) is 0 Å². The molecule has 0 radical (unpaired) electrons. The number of rotatable bonds is 4. The van der Waals surface area contributed by atoms with Gasteiger partial charge in [0.1, 0.15) is 23.0 Å². The summed E-state index contributed by atoms with van der Waals surface area (Å²) in [4.78, 5) is 0. The van der Waals surface area contributed by atoms with Crippen LogP contribution in [0.4, 0.5) is 0 Å². The largest absolute Gasteiger partial charge is 0.484 e. The molecule has 2 aliphatic rings. The van der Waals surface area contributed by atoms with Crippen LogP contribution >= 0.6 is 0 Å². The zero-order valence-electron chi connectivity index (χ0n) is 24.9. The van der Waals surface area contributed by atoms with Crippen molar-refractivity contribution in [1.82, 2.24) is 0 Å². The van der Waals surface area contributed by atoms with Gasteiger partial charge < -0.3 is 9.15 Å². The Morgan fingerprint density at radius 3 is 1.71 bits per heavy atom. The lowest BCUT2D eigenvalue weighted by Gasteiger charge is -2.29. The Balaban J connectivity index is 1.09. The number of allylic oxidation sites excluding steroid dienone is 2. The van der Waals surface area contributed by atoms with Gasteiger partial charge in [0.2, 0.25) is 0 Å². The SMILES string of the molecule is CC12C=C(c3ccc(-c4ccccc4)cc3)C=CC1Oc1c2ccc2oc3ccc(-c4ccc(-c5ccccc5)cc4)cc3c12. The van der Waals surface area contributed by atoms with E-state index in [1.54, 1.807) is 0 Å². The van der Waals surface area contributed by atoms with Crippen LogP contribution in [-0.2, 0) is 5.41 Å². The van der Waals surface area contributed by atoms with Gasteiger partial charge in [0, 0.05) is 10.9 Å². The third-order valence-electron chi connectivity index (χ3n) is 9.56. The number of furan rings is 1. The number of benzene rings is 6. The summed E-state index contributed by atoms with van der Waals surface area (Å²) in [5, 5.41) is 2.13. The molecule has 2 atom stereocenters. The average molecular weight is 579 g/mol. The highest BCUT2D eigenvalue weighted by Crippen LogP contribution is 2.52. The molecule has 2 unspecified atom stereocenters. The predicted octanol–water partition coefficient (Wildman–Crippen LogP) is 11.3. The highest BCUT2D eigenvalue weighted by molar-refractivity contribution is 6.10. The number of hydrogen-bond acceptors (Lipinski definition) is 2. The second-order valence-electron chi connectivity index (χ2n) is 12.3. The van der Waals surface area contributed by atoms with E-state index in [1.807, 2.05) is 6.07 Å². The zero-order valence-corrected chi connectivity index (χ0v) is 24.9. The fourth-order valence-corrected chi connectivity index (χ4v) is 7.08. The van der Waals surface area contributed by atoms with Crippen molar-refractivity contribution >= 4 is 27.5 Å². The number of hydrogen-bond donors (Lipinski definition) is 0. The molecule has 0 N–H and O–H groups in total. The van der Waals surface area contributed by atoms with Gasteiger partial charge in [-0.3, -0.25) is 0 Å². The van der Waals surface area contributed by atoms with Crippen LogP contribution in [0.2, 0.25) is 0 Å². The fourth-order valence-electron chi connectivity index (χ4n) is 7.08. The van der Waals surface area contributed by atoms with Gasteiger partial charge in [-0.05, 0) is 75.7 Å². The molecule has 7 aromatic rings. The van der Waals surface area contributed by atoms with E-state index in [1.165, 1.54) is 44.5 Å². The van der Waals surface area contributed by atoms with E-state index in [4.69, 9.17) is 9.15 Å². The van der Waals surface area contributed by atoms with Crippen LogP contribution in [0, 0.1) is 0 Å². The van der Waals surface area contributed by atoms with Crippen LogP contribution in [0.5, 0.6) is 5.75 Å². The molecule has 0 saturated heterocycles. The molecule has 0 amide bonds. The summed E-state index contributed by atoms with van der Waals surface area (Å²) in [5.74, 6) is 0.928. The molecule has 1 aromatic heterocycles. The highest BCUT2D eigenvalue weighted by Gasteiger charge is 2.45. The van der Waals surface area contributed by atoms with Gasteiger partial charge >= 0.3 is 0 Å². The van der Waals surface area contributed by atoms with Gasteiger partial charge in [-0.15, -0.1) is 0 Å². The minimum Gasteiger partial charge on any atom is -0.484 e. The molecule has 9 rings (SSSR count). The maximum Gasteiger partial charge on any atom is 0.139 e. The molecule has 0 bridgehead atoms. The second-order valence-corrected chi connectivity index (χ2v) is 12.3. The summed E-state index contributed by atoms with van der Waals surface area (Å²) >= 11 is 0. The maximum atomic E-state index is 6.77. The van der Waals surface area contributed by atoms with Crippen molar-refractivity contribution in [3.63, 3.8) is 0 Å². The molecule has 2 heterocycles. The van der Waals surface area contributed by atoms with E-state index in [9.17, 15) is 0 Å². The van der Waals surface area contributed by atoms with Crippen LogP contribution in [0.1, 0.15) is 18.1 Å². The van der Waals surface area contributed by atoms with Gasteiger partial charge in [-0.2, -0.15) is 0 Å². The van der Waals surface area contributed by atoms with Crippen LogP contribution in [-0.4, -0.2) is 6.10 Å². The third kappa shape index (κ3) is 4.17. The van der Waals surface area contributed by atoms with Gasteiger partial charge in [0.25, 0.3) is 0 Å². The molecule has 0 saturated carbocycles. The monoisotopic (exact) mass is 578 g/mol. The Labute approximate surface area is 262 Å². The summed E-state index contributed by atoms with van der Waals surface area (Å²) in [5.41, 5.74) is 12.3. The molecule has 2 nitrogen and oxygen atoms in total. The van der Waals surface area contributed by atoms with Crippen molar-refractivity contribution in [3.05, 3.63) is 169 Å². The van der Waals surface area contributed by atoms with Crippen molar-refractivity contribution in [1.29, 1.82) is 0 Å². The van der Waals surface area contributed by atoms with E-state index >= 15 is 0 Å². The van der Waals surface area contributed by atoms with Gasteiger partial charge in [0.05, 0.1) is 10.8 Å². The van der Waals surface area contributed by atoms with Crippen LogP contribution < -0.4 is 4.74 Å². The Bertz CT molecular complexity index is 2270. The molecule has 1 aliphatic carbocycles. The predicted molar refractivity (Wildman–Crippen MR) is 185 cm³/mol. The first-order valence-electron chi connectivity index (χ1n) is 15.5. The van der Waals surface area contributed by atoms with Gasteiger partial charge in [-0.25, -0.2) is 0 Å². The Morgan fingerprint density at radius 2 is 1.07 bits per heavy atom. The van der Waals surface area contributed by atoms with E-state index < -0.39 is 0 Å². The molecule has 6 aromatic carbocycles. The Kier molecular flexibility index (Phi) is 5.73. The molecule has 0 fully saturated rings. The van der Waals surface area contributed by atoms with Gasteiger partial charge in [0.15, 0.2) is 0 Å². The molecular weight excluding hydrogens is 548 g/mol. The standard InChI is InChI=1S/C43H30O2/c1-43-27-35(33-18-14-31(15-19-33)29-10-6-3-7-11-29)21-25-40(43)45-42-37(43)22-24-39-41(42)36-26-34(20-23-38(36)44-39)32-16-12-30(13-17-32)28-8-4-2-5-9-28/h2-27,40H,1H3. The smallest absolute Gasteiger partial charge is 0.139 e. The lowest BCUT2D eigenvalue weighted by Crippen LogP contribution is -2.33. The van der Waals surface area contributed by atoms with Crippen molar-refractivity contribution in [2.45, 2.75) is 18.4 Å². The minimum absolute atomic E-state index is 0.0795. The lowest BCUT2D eigenvalue weighted by molar-refractivity contribution is 0.230. The van der Waals surface area contributed by atoms with Crippen molar-refractivity contribution in [2.24, 2.45) is 0 Å². The van der Waals surface area contributed by atoms with Crippen LogP contribution in [0.15, 0.2) is 162 Å². The van der Waals surface area contributed by atoms with Crippen LogP contribution in [0.3, 0.4) is 0 Å². The van der Waals surface area contributed by atoms with Gasteiger partial charge in [-0.1, -0.05) is 133 Å². The Morgan fingerprint density at radius 1 is 0.533 bits per heavy atom. The maximum absolute atomic E-state index is 6.77. The summed E-state index contributed by atoms with van der Waals surface area (Å²) in [6, 6.07) is 49.4. The molecule has 45 heavy (non-hydrogen) atoms. The lowest BCUT2D eigenvalue weighted by atomic mass is 9.74. The van der Waals surface area contributed by atoms with Crippen molar-refractivity contribution in [2.75, 3.05) is 0 Å². The summed E-state index contributed by atoms with van der Waals surface area (Å²) in [6.07, 6.45) is 6.73. The molecule has 0 spiro atoms. The first-order valence-corrected chi connectivity index (χ1v) is 15.5. The van der Waals surface area contributed by atoms with E-state index in [0.717, 1.165) is 33.3 Å². The third-order valence-corrected chi connectivity index (χ3v) is 9.56. The van der Waals surface area contributed by atoms with Crippen molar-refractivity contribution in [3.8, 4) is 39.1 Å². The highest BCUT2D eigenvalue weighted by atomic mass is 16.5. The van der Waals surface area contributed by atoms with Crippen LogP contribution in [0.25, 0.3) is 60.9 Å². The zero-order chi connectivity index (χ0) is 30.0. The molecule has 2 heteroatoms.